The third-order valence-electron chi connectivity index (χ3n) is 2.46. The van der Waals surface area contributed by atoms with Crippen LogP contribution in [0.2, 0.25) is 0 Å². The maximum atomic E-state index is 11.2. The Kier molecular flexibility index (Phi) is 3.31. The minimum absolute atomic E-state index is 0.0248. The molecule has 0 aliphatic carbocycles. The molecule has 5 nitrogen and oxygen atoms in total. The lowest BCUT2D eigenvalue weighted by atomic mass is 10.2. The van der Waals surface area contributed by atoms with Gasteiger partial charge in [-0.05, 0) is 6.42 Å². The number of ether oxygens (including phenoxy) is 1. The number of nitrogens with zero attached hydrogens (tertiary/aromatic N) is 2. The van der Waals surface area contributed by atoms with Crippen LogP contribution in [-0.4, -0.2) is 34.9 Å². The first-order chi connectivity index (χ1) is 7.70. The minimum Gasteiger partial charge on any atom is -0.391 e. The molecule has 0 saturated carbocycles. The van der Waals surface area contributed by atoms with Crippen molar-refractivity contribution in [2.45, 2.75) is 19.4 Å². The van der Waals surface area contributed by atoms with Crippen LogP contribution < -0.4 is 0 Å². The molecule has 0 spiro atoms. The van der Waals surface area contributed by atoms with E-state index in [1.165, 1.54) is 11.3 Å². The molecule has 1 aromatic heterocycles. The van der Waals surface area contributed by atoms with Crippen molar-refractivity contribution in [3.63, 3.8) is 0 Å². The summed E-state index contributed by atoms with van der Waals surface area (Å²) in [6.07, 6.45) is 2.54. The summed E-state index contributed by atoms with van der Waals surface area (Å²) in [4.78, 5) is 28.4. The Labute approximate surface area is 97.0 Å². The Bertz CT molecular complexity index is 375. The SMILES string of the molecule is CCC(c1nccs1)N1CC(=O)OC(=O)C1. The van der Waals surface area contributed by atoms with Gasteiger partial charge >= 0.3 is 11.9 Å². The summed E-state index contributed by atoms with van der Waals surface area (Å²) >= 11 is 1.54. The number of rotatable bonds is 3. The van der Waals surface area contributed by atoms with Gasteiger partial charge < -0.3 is 4.74 Å². The van der Waals surface area contributed by atoms with E-state index in [1.807, 2.05) is 17.2 Å². The molecule has 0 amide bonds. The molecule has 6 heteroatoms. The minimum atomic E-state index is -0.480. The van der Waals surface area contributed by atoms with Crippen molar-refractivity contribution in [2.75, 3.05) is 13.1 Å². The van der Waals surface area contributed by atoms with Crippen LogP contribution in [0.15, 0.2) is 11.6 Å². The zero-order chi connectivity index (χ0) is 11.5. The number of hydrogen-bond acceptors (Lipinski definition) is 6. The lowest BCUT2D eigenvalue weighted by Crippen LogP contribution is -2.44. The number of cyclic esters (lactones) is 2. The van der Waals surface area contributed by atoms with Crippen LogP contribution in [0.1, 0.15) is 24.4 Å². The second-order valence-electron chi connectivity index (χ2n) is 3.55. The van der Waals surface area contributed by atoms with Crippen LogP contribution in [0.4, 0.5) is 0 Å². The van der Waals surface area contributed by atoms with Crippen molar-refractivity contribution >= 4 is 23.3 Å². The number of aromatic nitrogens is 1. The van der Waals surface area contributed by atoms with Crippen LogP contribution in [0.5, 0.6) is 0 Å². The third-order valence-corrected chi connectivity index (χ3v) is 3.33. The molecule has 1 aliphatic heterocycles. The van der Waals surface area contributed by atoms with Gasteiger partial charge in [0.1, 0.15) is 5.01 Å². The molecule has 0 aromatic carbocycles. The molecule has 1 saturated heterocycles. The predicted molar refractivity (Wildman–Crippen MR) is 57.8 cm³/mol. The molecule has 1 fully saturated rings. The van der Waals surface area contributed by atoms with E-state index in [0.717, 1.165) is 11.4 Å². The number of thiazole rings is 1. The van der Waals surface area contributed by atoms with Crippen molar-refractivity contribution in [3.05, 3.63) is 16.6 Å². The molecular weight excluding hydrogens is 228 g/mol. The maximum absolute atomic E-state index is 11.2. The molecule has 2 heterocycles. The zero-order valence-electron chi connectivity index (χ0n) is 8.88. The standard InChI is InChI=1S/C10H12N2O3S/c1-2-7(10-11-3-4-16-10)12-5-8(13)15-9(14)6-12/h3-4,7H,2,5-6H2,1H3. The Morgan fingerprint density at radius 1 is 1.50 bits per heavy atom. The number of esters is 2. The largest absolute Gasteiger partial charge is 0.391 e. The van der Waals surface area contributed by atoms with Crippen molar-refractivity contribution in [2.24, 2.45) is 0 Å². The van der Waals surface area contributed by atoms with E-state index in [1.54, 1.807) is 6.20 Å². The number of hydrogen-bond donors (Lipinski definition) is 0. The molecule has 0 bridgehead atoms. The molecule has 1 atom stereocenters. The van der Waals surface area contributed by atoms with Gasteiger partial charge in [-0.25, -0.2) is 4.98 Å². The predicted octanol–water partition coefficient (Wildman–Crippen LogP) is 0.980. The topological polar surface area (TPSA) is 59.5 Å². The summed E-state index contributed by atoms with van der Waals surface area (Å²) in [6, 6.07) is 0.0248. The molecular formula is C10H12N2O3S. The van der Waals surface area contributed by atoms with E-state index in [2.05, 4.69) is 9.72 Å². The van der Waals surface area contributed by atoms with Gasteiger partial charge in [0.05, 0.1) is 19.1 Å². The van der Waals surface area contributed by atoms with E-state index >= 15 is 0 Å². The summed E-state index contributed by atoms with van der Waals surface area (Å²) < 4.78 is 4.49. The first-order valence-corrected chi connectivity index (χ1v) is 5.95. The monoisotopic (exact) mass is 240 g/mol. The average Bonchev–Trinajstić information content (AvgIpc) is 2.70. The Morgan fingerprint density at radius 3 is 2.69 bits per heavy atom. The normalized spacial score (nSPS) is 19.6. The van der Waals surface area contributed by atoms with E-state index < -0.39 is 11.9 Å². The van der Waals surface area contributed by atoms with Crippen LogP contribution in [0.25, 0.3) is 0 Å². The van der Waals surface area contributed by atoms with E-state index in [9.17, 15) is 9.59 Å². The second-order valence-corrected chi connectivity index (χ2v) is 4.47. The van der Waals surface area contributed by atoms with Crippen LogP contribution in [0, 0.1) is 0 Å². The smallest absolute Gasteiger partial charge is 0.327 e. The van der Waals surface area contributed by atoms with Crippen LogP contribution in [0.3, 0.4) is 0 Å². The Morgan fingerprint density at radius 2 is 2.19 bits per heavy atom. The highest BCUT2D eigenvalue weighted by Gasteiger charge is 2.31. The molecule has 86 valence electrons. The van der Waals surface area contributed by atoms with Crippen LogP contribution in [-0.2, 0) is 14.3 Å². The second kappa shape index (κ2) is 4.71. The van der Waals surface area contributed by atoms with Crippen molar-refractivity contribution in [1.29, 1.82) is 0 Å². The van der Waals surface area contributed by atoms with Gasteiger partial charge in [-0.3, -0.25) is 14.5 Å². The highest BCUT2D eigenvalue weighted by molar-refractivity contribution is 7.09. The molecule has 0 N–H and O–H groups in total. The van der Waals surface area contributed by atoms with Gasteiger partial charge in [-0.1, -0.05) is 6.92 Å². The number of carbonyl (C=O) groups is 2. The molecule has 1 aromatic rings. The third kappa shape index (κ3) is 2.28. The highest BCUT2D eigenvalue weighted by Crippen LogP contribution is 2.26. The van der Waals surface area contributed by atoms with Crippen molar-refractivity contribution < 1.29 is 14.3 Å². The fourth-order valence-corrected chi connectivity index (χ4v) is 2.64. The molecule has 1 aliphatic rings. The van der Waals surface area contributed by atoms with Crippen molar-refractivity contribution in [1.82, 2.24) is 9.88 Å². The lowest BCUT2D eigenvalue weighted by molar-refractivity contribution is -0.168. The van der Waals surface area contributed by atoms with Gasteiger partial charge in [0.15, 0.2) is 0 Å². The van der Waals surface area contributed by atoms with E-state index in [4.69, 9.17) is 0 Å². The van der Waals surface area contributed by atoms with Gasteiger partial charge in [0.25, 0.3) is 0 Å². The number of morpholine rings is 1. The lowest BCUT2D eigenvalue weighted by Gasteiger charge is -2.30. The summed E-state index contributed by atoms with van der Waals surface area (Å²) in [6.45, 7) is 2.32. The van der Waals surface area contributed by atoms with E-state index in [0.29, 0.717) is 0 Å². The molecule has 1 unspecified atom stereocenters. The Balaban J connectivity index is 2.15. The summed E-state index contributed by atoms with van der Waals surface area (Å²) in [5.74, 6) is -0.961. The van der Waals surface area contributed by atoms with Gasteiger partial charge in [0, 0.05) is 11.6 Å². The highest BCUT2D eigenvalue weighted by atomic mass is 32.1. The average molecular weight is 240 g/mol. The van der Waals surface area contributed by atoms with Gasteiger partial charge in [0.2, 0.25) is 0 Å². The van der Waals surface area contributed by atoms with Crippen LogP contribution >= 0.6 is 11.3 Å². The first kappa shape index (κ1) is 11.2. The Hall–Kier alpha value is -1.27. The molecule has 2 rings (SSSR count). The van der Waals surface area contributed by atoms with Gasteiger partial charge in [-0.15, -0.1) is 11.3 Å². The van der Waals surface area contributed by atoms with Crippen molar-refractivity contribution in [3.8, 4) is 0 Å². The summed E-state index contributed by atoms with van der Waals surface area (Å²) in [5, 5.41) is 2.83. The number of carbonyl (C=O) groups excluding carboxylic acids is 2. The molecule has 0 radical (unpaired) electrons. The van der Waals surface area contributed by atoms with E-state index in [-0.39, 0.29) is 19.1 Å². The summed E-state index contributed by atoms with van der Waals surface area (Å²) in [7, 11) is 0. The first-order valence-electron chi connectivity index (χ1n) is 5.07. The fourth-order valence-electron chi connectivity index (χ4n) is 1.79. The summed E-state index contributed by atoms with van der Waals surface area (Å²) in [5.41, 5.74) is 0. The van der Waals surface area contributed by atoms with Gasteiger partial charge in [-0.2, -0.15) is 0 Å². The zero-order valence-corrected chi connectivity index (χ0v) is 9.70. The maximum Gasteiger partial charge on any atom is 0.327 e. The fraction of sp³-hybridized carbons (Fsp3) is 0.500. The quantitative estimate of drug-likeness (QED) is 0.582. The molecule has 16 heavy (non-hydrogen) atoms.